The summed E-state index contributed by atoms with van der Waals surface area (Å²) in [5.41, 5.74) is 6.97. The number of anilines is 3. The number of nitrogens with two attached hydrogens (primary N) is 1. The third-order valence-corrected chi connectivity index (χ3v) is 6.24. The molecule has 2 aromatic heterocycles. The van der Waals surface area contributed by atoms with Gasteiger partial charge >= 0.3 is 0 Å². The van der Waals surface area contributed by atoms with Crippen LogP contribution in [0.3, 0.4) is 0 Å². The fourth-order valence-corrected chi connectivity index (χ4v) is 4.22. The van der Waals surface area contributed by atoms with Crippen LogP contribution in [0.15, 0.2) is 77.9 Å². The predicted molar refractivity (Wildman–Crippen MR) is 152 cm³/mol. The number of aromatic hydroxyl groups is 1. The number of halogens is 1. The number of aliphatic imine (C=N–C) groups is 1. The zero-order chi connectivity index (χ0) is 27.2. The first-order valence-electron chi connectivity index (χ1n) is 12.2. The Labute approximate surface area is 230 Å². The van der Waals surface area contributed by atoms with Crippen LogP contribution in [0.2, 0.25) is 5.02 Å². The van der Waals surface area contributed by atoms with Crippen molar-refractivity contribution in [3.8, 4) is 23.1 Å². The summed E-state index contributed by atoms with van der Waals surface area (Å²) in [6.45, 7) is 2.80. The van der Waals surface area contributed by atoms with Gasteiger partial charge < -0.3 is 35.4 Å². The van der Waals surface area contributed by atoms with Gasteiger partial charge in [0.15, 0.2) is 29.0 Å². The number of hydrogen-bond acceptors (Lipinski definition) is 9. The number of aromatic nitrogens is 3. The molecule has 200 valence electrons. The standard InChI is InChI=1S/C27H27ClN8O3/c1-38-22-16-21(19(28)15-20(22)37)39-25-17-23(32-26(29)31-18-7-3-2-4-8-18)33-27(34-25)36-13-11-35(12-14-36)24-9-5-6-10-30-24/h2-10,15-17,37H,11-14H2,1H3,(H3,29,31,32,33,34). The van der Waals surface area contributed by atoms with E-state index >= 15 is 0 Å². The van der Waals surface area contributed by atoms with Gasteiger partial charge in [-0.25, -0.2) is 4.98 Å². The number of rotatable bonds is 7. The monoisotopic (exact) mass is 546 g/mol. The van der Waals surface area contributed by atoms with Gasteiger partial charge in [0.1, 0.15) is 5.82 Å². The van der Waals surface area contributed by atoms with E-state index in [1.165, 1.54) is 19.2 Å². The molecule has 0 aliphatic carbocycles. The third kappa shape index (κ3) is 6.39. The van der Waals surface area contributed by atoms with Crippen molar-refractivity contribution in [1.82, 2.24) is 15.0 Å². The average Bonchev–Trinajstić information content (AvgIpc) is 2.95. The summed E-state index contributed by atoms with van der Waals surface area (Å²) < 4.78 is 11.2. The van der Waals surface area contributed by atoms with Crippen LogP contribution in [0.1, 0.15) is 0 Å². The summed E-state index contributed by atoms with van der Waals surface area (Å²) in [7, 11) is 1.44. The highest BCUT2D eigenvalue weighted by molar-refractivity contribution is 6.32. The lowest BCUT2D eigenvalue weighted by molar-refractivity contribution is 0.368. The van der Waals surface area contributed by atoms with E-state index in [0.717, 1.165) is 24.6 Å². The fraction of sp³-hybridized carbons (Fsp3) is 0.185. The van der Waals surface area contributed by atoms with Crippen LogP contribution in [0.4, 0.5) is 23.3 Å². The maximum Gasteiger partial charge on any atom is 0.230 e. The quantitative estimate of drug-likeness (QED) is 0.226. The molecule has 0 saturated carbocycles. The Balaban J connectivity index is 1.43. The highest BCUT2D eigenvalue weighted by atomic mass is 35.5. The van der Waals surface area contributed by atoms with Crippen molar-refractivity contribution in [2.75, 3.05) is 48.4 Å². The predicted octanol–water partition coefficient (Wildman–Crippen LogP) is 4.42. The largest absolute Gasteiger partial charge is 0.504 e. The number of phenolic OH excluding ortho intramolecular Hbond substituents is 1. The Bertz CT molecular complexity index is 1450. The van der Waals surface area contributed by atoms with E-state index < -0.39 is 0 Å². The molecular formula is C27H27ClN8O3. The molecule has 39 heavy (non-hydrogen) atoms. The number of methoxy groups -OCH3 is 1. The molecule has 0 amide bonds. The number of guanidine groups is 1. The van der Waals surface area contributed by atoms with Crippen LogP contribution < -0.4 is 30.3 Å². The summed E-state index contributed by atoms with van der Waals surface area (Å²) in [4.78, 5) is 22.4. The van der Waals surface area contributed by atoms with Crippen LogP contribution >= 0.6 is 11.6 Å². The van der Waals surface area contributed by atoms with Gasteiger partial charge in [-0.3, -0.25) is 0 Å². The second-order valence-electron chi connectivity index (χ2n) is 8.57. The number of para-hydroxylation sites is 1. The zero-order valence-electron chi connectivity index (χ0n) is 21.2. The lowest BCUT2D eigenvalue weighted by Gasteiger charge is -2.35. The Kier molecular flexibility index (Phi) is 7.78. The first kappa shape index (κ1) is 25.9. The van der Waals surface area contributed by atoms with Gasteiger partial charge in [-0.05, 0) is 24.3 Å². The molecule has 0 unspecified atom stereocenters. The van der Waals surface area contributed by atoms with E-state index in [1.807, 2.05) is 53.4 Å². The van der Waals surface area contributed by atoms with Gasteiger partial charge in [0, 0.05) is 56.3 Å². The van der Waals surface area contributed by atoms with Gasteiger partial charge in [-0.15, -0.1) is 0 Å². The Hall–Kier alpha value is -4.77. The van der Waals surface area contributed by atoms with Crippen molar-refractivity contribution in [2.24, 2.45) is 10.7 Å². The molecule has 2 aromatic carbocycles. The summed E-state index contributed by atoms with van der Waals surface area (Å²) >= 11 is 6.32. The highest BCUT2D eigenvalue weighted by Gasteiger charge is 2.22. The van der Waals surface area contributed by atoms with Crippen molar-refractivity contribution in [1.29, 1.82) is 0 Å². The number of nitrogens with zero attached hydrogens (tertiary/aromatic N) is 6. The lowest BCUT2D eigenvalue weighted by Crippen LogP contribution is -2.47. The van der Waals surface area contributed by atoms with E-state index in [1.54, 1.807) is 12.3 Å². The maximum atomic E-state index is 10.0. The van der Waals surface area contributed by atoms with Crippen LogP contribution in [-0.2, 0) is 0 Å². The average molecular weight is 547 g/mol. The van der Waals surface area contributed by atoms with Crippen LogP contribution in [0.25, 0.3) is 0 Å². The zero-order valence-corrected chi connectivity index (χ0v) is 21.9. The Morgan fingerprint density at radius 1 is 0.974 bits per heavy atom. The molecular weight excluding hydrogens is 520 g/mol. The Morgan fingerprint density at radius 2 is 1.72 bits per heavy atom. The second-order valence-corrected chi connectivity index (χ2v) is 8.98. The minimum Gasteiger partial charge on any atom is -0.504 e. The van der Waals surface area contributed by atoms with Gasteiger partial charge in [-0.2, -0.15) is 15.0 Å². The Morgan fingerprint density at radius 3 is 2.44 bits per heavy atom. The molecule has 1 aliphatic heterocycles. The van der Waals surface area contributed by atoms with Crippen LogP contribution in [-0.4, -0.2) is 59.3 Å². The van der Waals surface area contributed by atoms with Gasteiger partial charge in [0.25, 0.3) is 0 Å². The molecule has 4 N–H and O–H groups in total. The van der Waals surface area contributed by atoms with Gasteiger partial charge in [0.05, 0.1) is 12.1 Å². The topological polar surface area (TPSA) is 134 Å². The number of ether oxygens (including phenoxy) is 2. The number of piperazine rings is 1. The summed E-state index contributed by atoms with van der Waals surface area (Å²) in [5.74, 6) is 2.37. The lowest BCUT2D eigenvalue weighted by atomic mass is 10.3. The van der Waals surface area contributed by atoms with E-state index in [9.17, 15) is 5.11 Å². The van der Waals surface area contributed by atoms with Gasteiger partial charge in [-0.1, -0.05) is 35.9 Å². The molecule has 1 fully saturated rings. The van der Waals surface area contributed by atoms with Crippen molar-refractivity contribution >= 4 is 40.8 Å². The summed E-state index contributed by atoms with van der Waals surface area (Å²) in [6.07, 6.45) is 1.78. The number of phenols is 1. The maximum absolute atomic E-state index is 10.0. The molecule has 4 aromatic rings. The minimum atomic E-state index is -0.103. The number of benzene rings is 2. The van der Waals surface area contributed by atoms with E-state index in [2.05, 4.69) is 30.2 Å². The molecule has 0 spiro atoms. The van der Waals surface area contributed by atoms with Crippen molar-refractivity contribution in [3.05, 3.63) is 77.9 Å². The van der Waals surface area contributed by atoms with E-state index in [0.29, 0.717) is 24.9 Å². The van der Waals surface area contributed by atoms with Crippen LogP contribution in [0, 0.1) is 0 Å². The molecule has 1 saturated heterocycles. The van der Waals surface area contributed by atoms with Crippen molar-refractivity contribution in [3.63, 3.8) is 0 Å². The number of hydrogen-bond donors (Lipinski definition) is 3. The normalized spacial score (nSPS) is 13.7. The highest BCUT2D eigenvalue weighted by Crippen LogP contribution is 2.39. The summed E-state index contributed by atoms with van der Waals surface area (Å²) in [5, 5.41) is 13.3. The smallest absolute Gasteiger partial charge is 0.230 e. The van der Waals surface area contributed by atoms with E-state index in [4.69, 9.17) is 26.8 Å². The molecule has 0 radical (unpaired) electrons. The van der Waals surface area contributed by atoms with Crippen molar-refractivity contribution in [2.45, 2.75) is 0 Å². The summed E-state index contributed by atoms with van der Waals surface area (Å²) in [6, 6.07) is 19.7. The minimum absolute atomic E-state index is 0.103. The van der Waals surface area contributed by atoms with Gasteiger partial charge in [0.2, 0.25) is 11.8 Å². The third-order valence-electron chi connectivity index (χ3n) is 5.94. The SMILES string of the molecule is COc1cc(Oc2cc(/N=C(/N)Nc3ccccc3)nc(N3CCN(c4ccccn4)CC3)n2)c(Cl)cc1O. The molecule has 0 atom stereocenters. The molecule has 1 aliphatic rings. The second kappa shape index (κ2) is 11.7. The molecule has 5 rings (SSSR count). The first-order chi connectivity index (χ1) is 19.0. The van der Waals surface area contributed by atoms with Crippen molar-refractivity contribution < 1.29 is 14.6 Å². The number of nitrogens with one attached hydrogen (secondary N) is 1. The van der Waals surface area contributed by atoms with Crippen LogP contribution in [0.5, 0.6) is 23.1 Å². The molecule has 12 heteroatoms. The molecule has 11 nitrogen and oxygen atoms in total. The molecule has 0 bridgehead atoms. The fourth-order valence-electron chi connectivity index (χ4n) is 4.03. The van der Waals surface area contributed by atoms with E-state index in [-0.39, 0.29) is 34.1 Å². The number of pyridine rings is 1. The first-order valence-corrected chi connectivity index (χ1v) is 12.6. The molecule has 3 heterocycles.